The first-order chi connectivity index (χ1) is 4.12. The molecule has 0 aromatic rings. The summed E-state index contributed by atoms with van der Waals surface area (Å²) in [5.74, 6) is 0. The highest BCUT2D eigenvalue weighted by atomic mass is 32.2. The fourth-order valence-electron chi connectivity index (χ4n) is 0.221. The largest absolute Gasteiger partial charge is 0.389 e. The molecule has 0 radical (unpaired) electrons. The molecule has 4 nitrogen and oxygen atoms in total. The minimum absolute atomic E-state index is 0.0584. The van der Waals surface area contributed by atoms with Crippen LogP contribution in [0.15, 0.2) is 4.40 Å². The Morgan fingerprint density at radius 3 is 2.67 bits per heavy atom. The van der Waals surface area contributed by atoms with Gasteiger partial charge in [0.2, 0.25) is 0 Å². The van der Waals surface area contributed by atoms with Crippen molar-refractivity contribution < 1.29 is 12.6 Å². The minimum atomic E-state index is -3.77. The van der Waals surface area contributed by atoms with Crippen LogP contribution in [0.4, 0.5) is 0 Å². The van der Waals surface area contributed by atoms with Crippen molar-refractivity contribution in [1.29, 1.82) is 0 Å². The predicted molar refractivity (Wildman–Crippen MR) is 35.6 cm³/mol. The molecule has 0 aliphatic heterocycles. The van der Waals surface area contributed by atoms with Crippen LogP contribution in [0, 0.1) is 0 Å². The lowest BCUT2D eigenvalue weighted by Crippen LogP contribution is -1.99. The van der Waals surface area contributed by atoms with Crippen molar-refractivity contribution in [2.75, 3.05) is 6.61 Å². The van der Waals surface area contributed by atoms with Crippen LogP contribution in [0.25, 0.3) is 0 Å². The van der Waals surface area contributed by atoms with E-state index < -0.39 is 10.3 Å². The molecule has 0 N–H and O–H groups in total. The van der Waals surface area contributed by atoms with Gasteiger partial charge in [-0.1, -0.05) is 4.40 Å². The zero-order valence-corrected chi connectivity index (χ0v) is 6.33. The summed E-state index contributed by atoms with van der Waals surface area (Å²) in [4.78, 5) is 0. The van der Waals surface area contributed by atoms with E-state index in [0.29, 0.717) is 0 Å². The number of nitrogens with zero attached hydrogens (tertiary/aromatic N) is 1. The average molecular weight is 167 g/mol. The molecular weight excluding hydrogens is 162 g/mol. The Hall–Kier alpha value is -0.290. The van der Waals surface area contributed by atoms with Crippen molar-refractivity contribution >= 4 is 27.7 Å². The number of isothiocyanates is 1. The molecule has 6 heteroatoms. The quantitative estimate of drug-likeness (QED) is 0.450. The van der Waals surface area contributed by atoms with Gasteiger partial charge in [0, 0.05) is 0 Å². The van der Waals surface area contributed by atoms with Crippen LogP contribution in [0.3, 0.4) is 0 Å². The smallest absolute Gasteiger partial charge is 0.252 e. The summed E-state index contributed by atoms with van der Waals surface area (Å²) in [6.45, 7) is 1.60. The zero-order chi connectivity index (χ0) is 7.33. The molecule has 0 saturated heterocycles. The molecule has 0 aromatic heterocycles. The topological polar surface area (TPSA) is 55.7 Å². The third-order valence-corrected chi connectivity index (χ3v) is 1.47. The number of thiocarbonyl (C=S) groups is 1. The molecule has 0 atom stereocenters. The lowest BCUT2D eigenvalue weighted by atomic mass is 10.9. The molecule has 0 aliphatic carbocycles. The fourth-order valence-corrected chi connectivity index (χ4v) is 0.937. The Balaban J connectivity index is 4.22. The summed E-state index contributed by atoms with van der Waals surface area (Å²) in [6, 6.07) is 0. The standard InChI is InChI=1S/C3H5NO3S2/c1-2-7-9(5,6)4-3-8/h2H2,1H3. The van der Waals surface area contributed by atoms with E-state index in [1.165, 1.54) is 6.92 Å². The summed E-state index contributed by atoms with van der Waals surface area (Å²) in [5.41, 5.74) is 0. The van der Waals surface area contributed by atoms with Crippen LogP contribution in [0.2, 0.25) is 0 Å². The van der Waals surface area contributed by atoms with Gasteiger partial charge in [-0.25, -0.2) is 0 Å². The van der Waals surface area contributed by atoms with E-state index in [0.717, 1.165) is 0 Å². The Labute approximate surface area is 58.8 Å². The molecule has 0 unspecified atom stereocenters. The van der Waals surface area contributed by atoms with Gasteiger partial charge < -0.3 is 0 Å². The first kappa shape index (κ1) is 8.71. The first-order valence-electron chi connectivity index (χ1n) is 2.11. The third-order valence-electron chi connectivity index (χ3n) is 0.416. The molecule has 0 heterocycles. The van der Waals surface area contributed by atoms with E-state index in [2.05, 4.69) is 20.8 Å². The molecule has 0 fully saturated rings. The SMILES string of the molecule is CCOS(=O)(=O)N=C=S. The summed E-state index contributed by atoms with van der Waals surface area (Å²) in [5, 5.41) is 1.69. The fraction of sp³-hybridized carbons (Fsp3) is 0.667. The Kier molecular flexibility index (Phi) is 3.56. The Bertz CT molecular complexity index is 213. The summed E-state index contributed by atoms with van der Waals surface area (Å²) in [6.07, 6.45) is 0. The van der Waals surface area contributed by atoms with Crippen LogP contribution < -0.4 is 0 Å². The normalized spacial score (nSPS) is 10.3. The first-order valence-corrected chi connectivity index (χ1v) is 3.88. The van der Waals surface area contributed by atoms with Gasteiger partial charge in [-0.2, -0.15) is 8.42 Å². The zero-order valence-electron chi connectivity index (χ0n) is 4.70. The molecular formula is C3H5NO3S2. The van der Waals surface area contributed by atoms with Gasteiger partial charge in [0.15, 0.2) is 0 Å². The lowest BCUT2D eigenvalue weighted by Gasteiger charge is -1.90. The van der Waals surface area contributed by atoms with Gasteiger partial charge in [-0.3, -0.25) is 4.18 Å². The molecule has 0 bridgehead atoms. The van der Waals surface area contributed by atoms with Crippen molar-refractivity contribution in [1.82, 2.24) is 0 Å². The average Bonchev–Trinajstić information content (AvgIpc) is 1.64. The molecule has 0 rings (SSSR count). The second kappa shape index (κ2) is 3.68. The maximum atomic E-state index is 10.3. The van der Waals surface area contributed by atoms with E-state index in [9.17, 15) is 8.42 Å². The van der Waals surface area contributed by atoms with Gasteiger partial charge in [-0.05, 0) is 19.1 Å². The summed E-state index contributed by atoms with van der Waals surface area (Å²) in [7, 11) is -3.77. The van der Waals surface area contributed by atoms with Crippen LogP contribution in [0.5, 0.6) is 0 Å². The maximum absolute atomic E-state index is 10.3. The number of rotatable bonds is 3. The lowest BCUT2D eigenvalue weighted by molar-refractivity contribution is 0.339. The van der Waals surface area contributed by atoms with Crippen LogP contribution >= 0.6 is 12.2 Å². The highest BCUT2D eigenvalue weighted by Crippen LogP contribution is 1.90. The van der Waals surface area contributed by atoms with E-state index in [4.69, 9.17) is 0 Å². The molecule has 0 aromatic carbocycles. The third kappa shape index (κ3) is 4.23. The van der Waals surface area contributed by atoms with Crippen LogP contribution in [0.1, 0.15) is 6.92 Å². The summed E-state index contributed by atoms with van der Waals surface area (Å²) >= 11 is 4.04. The van der Waals surface area contributed by atoms with Crippen molar-refractivity contribution in [3.05, 3.63) is 0 Å². The van der Waals surface area contributed by atoms with Gasteiger partial charge in [-0.15, -0.1) is 0 Å². The minimum Gasteiger partial charge on any atom is -0.252 e. The van der Waals surface area contributed by atoms with Gasteiger partial charge in [0.1, 0.15) is 0 Å². The van der Waals surface area contributed by atoms with Gasteiger partial charge in [0.05, 0.1) is 11.8 Å². The van der Waals surface area contributed by atoms with Crippen molar-refractivity contribution in [2.45, 2.75) is 6.92 Å². The monoisotopic (exact) mass is 167 g/mol. The van der Waals surface area contributed by atoms with Crippen molar-refractivity contribution in [2.24, 2.45) is 4.40 Å². The maximum Gasteiger partial charge on any atom is 0.389 e. The number of hydrogen-bond donors (Lipinski definition) is 0. The molecule has 0 aliphatic rings. The Morgan fingerprint density at radius 1 is 1.78 bits per heavy atom. The van der Waals surface area contributed by atoms with E-state index in [-0.39, 0.29) is 6.61 Å². The van der Waals surface area contributed by atoms with E-state index in [1.54, 1.807) is 5.16 Å². The molecule has 0 amide bonds. The molecule has 0 saturated carbocycles. The number of hydrogen-bond acceptors (Lipinski definition) is 4. The van der Waals surface area contributed by atoms with Crippen molar-refractivity contribution in [3.8, 4) is 0 Å². The van der Waals surface area contributed by atoms with Crippen molar-refractivity contribution in [3.63, 3.8) is 0 Å². The second-order valence-corrected chi connectivity index (χ2v) is 2.47. The molecule has 9 heavy (non-hydrogen) atoms. The van der Waals surface area contributed by atoms with E-state index in [1.807, 2.05) is 0 Å². The van der Waals surface area contributed by atoms with Gasteiger partial charge >= 0.3 is 10.3 Å². The van der Waals surface area contributed by atoms with Crippen LogP contribution in [-0.4, -0.2) is 20.2 Å². The predicted octanol–water partition coefficient (Wildman–Crippen LogP) is 0.371. The van der Waals surface area contributed by atoms with Crippen LogP contribution in [-0.2, 0) is 14.5 Å². The highest BCUT2D eigenvalue weighted by Gasteiger charge is 2.03. The summed E-state index contributed by atoms with van der Waals surface area (Å²) < 4.78 is 27.5. The molecule has 0 spiro atoms. The van der Waals surface area contributed by atoms with Gasteiger partial charge in [0.25, 0.3) is 0 Å². The Morgan fingerprint density at radius 2 is 2.33 bits per heavy atom. The highest BCUT2D eigenvalue weighted by molar-refractivity contribution is 7.86. The molecule has 52 valence electrons. The van der Waals surface area contributed by atoms with E-state index >= 15 is 0 Å². The second-order valence-electron chi connectivity index (χ2n) is 1.02.